The first-order chi connectivity index (χ1) is 13.1. The van der Waals surface area contributed by atoms with Gasteiger partial charge >= 0.3 is 0 Å². The SMILES string of the molecule is FC(NC1CCCOC1)n1cc(Cl)c2nc(Cl)nc(NCc3cccs3)c21. The lowest BCUT2D eigenvalue weighted by atomic mass is 10.1. The van der Waals surface area contributed by atoms with Crippen LogP contribution >= 0.6 is 34.5 Å². The van der Waals surface area contributed by atoms with Crippen molar-refractivity contribution < 1.29 is 9.13 Å². The Balaban J connectivity index is 1.65. The molecular weight excluding hydrogens is 412 g/mol. The van der Waals surface area contributed by atoms with Crippen LogP contribution in [-0.4, -0.2) is 33.8 Å². The van der Waals surface area contributed by atoms with E-state index < -0.39 is 6.42 Å². The van der Waals surface area contributed by atoms with Gasteiger partial charge in [0.2, 0.25) is 11.7 Å². The second-order valence-corrected chi connectivity index (χ2v) is 8.05. The average molecular weight is 430 g/mol. The van der Waals surface area contributed by atoms with Gasteiger partial charge in [0.15, 0.2) is 5.82 Å². The number of aromatic nitrogens is 3. The van der Waals surface area contributed by atoms with Gasteiger partial charge in [0.25, 0.3) is 0 Å². The fourth-order valence-electron chi connectivity index (χ4n) is 3.12. The standard InChI is InChI=1S/C17H18Cl2FN5OS/c18-12-8-25(17(20)22-10-3-1-5-26-9-10)14-13(12)23-16(19)24-15(14)21-7-11-4-2-6-27-11/h2,4,6,8,10,17,22H,1,3,5,7,9H2,(H,21,23,24). The summed E-state index contributed by atoms with van der Waals surface area (Å²) in [5, 5.41) is 8.54. The van der Waals surface area contributed by atoms with Crippen LogP contribution in [0.1, 0.15) is 24.1 Å². The highest BCUT2D eigenvalue weighted by atomic mass is 35.5. The number of alkyl halides is 1. The van der Waals surface area contributed by atoms with Gasteiger partial charge in [0, 0.05) is 23.7 Å². The molecule has 1 aliphatic rings. The van der Waals surface area contributed by atoms with Gasteiger partial charge in [-0.1, -0.05) is 17.7 Å². The van der Waals surface area contributed by atoms with E-state index >= 15 is 4.39 Å². The zero-order chi connectivity index (χ0) is 18.8. The molecule has 0 radical (unpaired) electrons. The molecular formula is C17H18Cl2FN5OS. The van der Waals surface area contributed by atoms with Crippen molar-refractivity contribution in [2.45, 2.75) is 31.8 Å². The highest BCUT2D eigenvalue weighted by Gasteiger charge is 2.24. The van der Waals surface area contributed by atoms with Gasteiger partial charge in [-0.2, -0.15) is 4.98 Å². The first-order valence-electron chi connectivity index (χ1n) is 8.59. The van der Waals surface area contributed by atoms with Crippen molar-refractivity contribution in [1.82, 2.24) is 19.9 Å². The number of fused-ring (bicyclic) bond motifs is 1. The maximum Gasteiger partial charge on any atom is 0.231 e. The molecule has 0 aliphatic carbocycles. The first-order valence-corrected chi connectivity index (χ1v) is 10.2. The van der Waals surface area contributed by atoms with Gasteiger partial charge < -0.3 is 10.1 Å². The molecule has 4 heterocycles. The summed E-state index contributed by atoms with van der Waals surface area (Å²) in [6, 6.07) is 3.92. The highest BCUT2D eigenvalue weighted by Crippen LogP contribution is 2.33. The molecule has 2 N–H and O–H groups in total. The number of nitrogens with zero attached hydrogens (tertiary/aromatic N) is 3. The second-order valence-electron chi connectivity index (χ2n) is 6.27. The molecule has 6 nitrogen and oxygen atoms in total. The lowest BCUT2D eigenvalue weighted by Crippen LogP contribution is -2.39. The molecule has 3 aromatic rings. The van der Waals surface area contributed by atoms with E-state index in [1.807, 2.05) is 17.5 Å². The minimum absolute atomic E-state index is 0.0549. The number of hydrogen-bond donors (Lipinski definition) is 2. The Morgan fingerprint density at radius 1 is 1.41 bits per heavy atom. The summed E-state index contributed by atoms with van der Waals surface area (Å²) < 4.78 is 21.9. The molecule has 2 unspecified atom stereocenters. The third kappa shape index (κ3) is 4.20. The first kappa shape index (κ1) is 18.9. The Hall–Kier alpha value is -1.45. The number of nitrogens with one attached hydrogen (secondary N) is 2. The molecule has 0 saturated carbocycles. The molecule has 1 aliphatic heterocycles. The molecule has 10 heteroatoms. The zero-order valence-electron chi connectivity index (χ0n) is 14.3. The largest absolute Gasteiger partial charge is 0.380 e. The molecule has 0 aromatic carbocycles. The molecule has 1 saturated heterocycles. The lowest BCUT2D eigenvalue weighted by Gasteiger charge is -2.26. The second kappa shape index (κ2) is 8.28. The van der Waals surface area contributed by atoms with Crippen LogP contribution in [0.4, 0.5) is 10.2 Å². The predicted octanol–water partition coefficient (Wildman–Crippen LogP) is 4.61. The maximum absolute atomic E-state index is 15.1. The van der Waals surface area contributed by atoms with Crippen molar-refractivity contribution in [2.24, 2.45) is 0 Å². The van der Waals surface area contributed by atoms with E-state index in [9.17, 15) is 0 Å². The van der Waals surface area contributed by atoms with Crippen LogP contribution in [0.3, 0.4) is 0 Å². The quantitative estimate of drug-likeness (QED) is 0.442. The average Bonchev–Trinajstić information content (AvgIpc) is 3.29. The number of hydrogen-bond acceptors (Lipinski definition) is 6. The van der Waals surface area contributed by atoms with E-state index in [-0.39, 0.29) is 11.3 Å². The smallest absolute Gasteiger partial charge is 0.231 e. The molecule has 2 atom stereocenters. The van der Waals surface area contributed by atoms with Crippen molar-refractivity contribution in [1.29, 1.82) is 0 Å². The minimum Gasteiger partial charge on any atom is -0.380 e. The molecule has 0 spiro atoms. The zero-order valence-corrected chi connectivity index (χ0v) is 16.6. The summed E-state index contributed by atoms with van der Waals surface area (Å²) in [6.45, 7) is 1.75. The van der Waals surface area contributed by atoms with E-state index in [2.05, 4.69) is 20.6 Å². The van der Waals surface area contributed by atoms with Gasteiger partial charge in [-0.15, -0.1) is 11.3 Å². The van der Waals surface area contributed by atoms with E-state index in [0.29, 0.717) is 35.0 Å². The molecule has 4 rings (SSSR count). The Bertz CT molecular complexity index is 914. The van der Waals surface area contributed by atoms with Crippen LogP contribution in [-0.2, 0) is 11.3 Å². The van der Waals surface area contributed by atoms with E-state index in [1.54, 1.807) is 11.3 Å². The van der Waals surface area contributed by atoms with Crippen molar-refractivity contribution in [3.05, 3.63) is 38.9 Å². The van der Waals surface area contributed by atoms with Gasteiger partial charge in [-0.25, -0.2) is 9.37 Å². The molecule has 1 fully saturated rings. The van der Waals surface area contributed by atoms with Crippen molar-refractivity contribution in [3.8, 4) is 0 Å². The highest BCUT2D eigenvalue weighted by molar-refractivity contribution is 7.09. The van der Waals surface area contributed by atoms with Crippen LogP contribution in [0.2, 0.25) is 10.3 Å². The molecule has 0 bridgehead atoms. The topological polar surface area (TPSA) is 64.0 Å². The van der Waals surface area contributed by atoms with Gasteiger partial charge in [-0.3, -0.25) is 9.88 Å². The van der Waals surface area contributed by atoms with Crippen LogP contribution in [0.15, 0.2) is 23.7 Å². The van der Waals surface area contributed by atoms with Crippen LogP contribution in [0.25, 0.3) is 11.0 Å². The Morgan fingerprint density at radius 2 is 2.30 bits per heavy atom. The predicted molar refractivity (Wildman–Crippen MR) is 106 cm³/mol. The van der Waals surface area contributed by atoms with Crippen molar-refractivity contribution in [3.63, 3.8) is 0 Å². The van der Waals surface area contributed by atoms with E-state index in [4.69, 9.17) is 27.9 Å². The minimum atomic E-state index is -1.49. The summed E-state index contributed by atoms with van der Waals surface area (Å²) in [7, 11) is 0. The van der Waals surface area contributed by atoms with E-state index in [0.717, 1.165) is 24.3 Å². The fourth-order valence-corrected chi connectivity index (χ4v) is 4.17. The summed E-state index contributed by atoms with van der Waals surface area (Å²) >= 11 is 14.0. The van der Waals surface area contributed by atoms with Crippen LogP contribution in [0, 0.1) is 0 Å². The number of thiophene rings is 1. The van der Waals surface area contributed by atoms with E-state index in [1.165, 1.54) is 10.8 Å². The van der Waals surface area contributed by atoms with Crippen molar-refractivity contribution in [2.75, 3.05) is 18.5 Å². The Labute approximate surface area is 169 Å². The monoisotopic (exact) mass is 429 g/mol. The fraction of sp³-hybridized carbons (Fsp3) is 0.412. The Kier molecular flexibility index (Phi) is 5.79. The van der Waals surface area contributed by atoms with Gasteiger partial charge in [0.05, 0.1) is 18.2 Å². The number of rotatable bonds is 6. The number of ether oxygens (including phenoxy) is 1. The summed E-state index contributed by atoms with van der Waals surface area (Å²) in [4.78, 5) is 9.55. The van der Waals surface area contributed by atoms with Crippen molar-refractivity contribution >= 4 is 51.4 Å². The summed E-state index contributed by atoms with van der Waals surface area (Å²) in [6.07, 6.45) is 1.79. The maximum atomic E-state index is 15.1. The lowest BCUT2D eigenvalue weighted by molar-refractivity contribution is 0.0454. The molecule has 144 valence electrons. The third-order valence-corrected chi connectivity index (χ3v) is 5.70. The summed E-state index contributed by atoms with van der Waals surface area (Å²) in [5.74, 6) is 0.439. The summed E-state index contributed by atoms with van der Waals surface area (Å²) in [5.41, 5.74) is 0.882. The van der Waals surface area contributed by atoms with Gasteiger partial charge in [0.1, 0.15) is 11.0 Å². The molecule has 3 aromatic heterocycles. The number of anilines is 1. The molecule has 0 amide bonds. The third-order valence-electron chi connectivity index (χ3n) is 4.38. The van der Waals surface area contributed by atoms with Crippen LogP contribution in [0.5, 0.6) is 0 Å². The Morgan fingerprint density at radius 3 is 3.04 bits per heavy atom. The normalized spacial score (nSPS) is 18.7. The van der Waals surface area contributed by atoms with Gasteiger partial charge in [-0.05, 0) is 35.9 Å². The molecule has 27 heavy (non-hydrogen) atoms. The van der Waals surface area contributed by atoms with Crippen LogP contribution < -0.4 is 10.6 Å². The number of halogens is 3.